The monoisotopic (exact) mass is 436 g/mol. The van der Waals surface area contributed by atoms with Crippen LogP contribution in [0.5, 0.6) is 0 Å². The van der Waals surface area contributed by atoms with Crippen molar-refractivity contribution >= 4 is 34.7 Å². The third-order valence-electron chi connectivity index (χ3n) is 2.35. The second-order valence-corrected chi connectivity index (χ2v) is 6.48. The van der Waals surface area contributed by atoms with E-state index in [4.69, 9.17) is 10.2 Å². The topological polar surface area (TPSA) is 83.2 Å². The molecule has 3 radical (unpaired) electrons. The SMILES string of the molecule is O=C([OH2+])C[N]([Sn])CC(=O)[OH2+].[CH2-]c1ccccc1.[CH2-]c1ccccc1. The fraction of sp³-hybridized carbons (Fsp3) is 0.111. The molecule has 0 aliphatic heterocycles. The van der Waals surface area contributed by atoms with Crippen LogP contribution in [-0.4, -0.2) is 61.2 Å². The van der Waals surface area contributed by atoms with E-state index in [1.54, 1.807) is 0 Å². The van der Waals surface area contributed by atoms with Crippen LogP contribution in [0.1, 0.15) is 11.1 Å². The van der Waals surface area contributed by atoms with Crippen molar-refractivity contribution in [1.29, 1.82) is 0 Å². The van der Waals surface area contributed by atoms with Crippen molar-refractivity contribution in [3.63, 3.8) is 0 Å². The van der Waals surface area contributed by atoms with E-state index in [1.807, 2.05) is 60.7 Å². The van der Waals surface area contributed by atoms with E-state index < -0.39 is 11.9 Å². The molecule has 6 heteroatoms. The standard InChI is InChI=1S/2C7H7.C4H6NO4.Sn/c2*1-7-5-3-2-4-6-7;6-3(7)1-5-2-4(8)9;/h2*2-6H,1H2;1-2H2,(H,6,7)(H,8,9);/q3*-1;+1/p+2. The summed E-state index contributed by atoms with van der Waals surface area (Å²) in [6, 6.07) is 19.7. The number of benzene rings is 2. The molecular formula is C18H22NO4Sn. The molecule has 0 amide bonds. The molecule has 0 aliphatic carbocycles. The van der Waals surface area contributed by atoms with E-state index in [2.05, 4.69) is 13.8 Å². The maximum Gasteiger partial charge on any atom is -0.0866 e. The van der Waals surface area contributed by atoms with Gasteiger partial charge in [-0.05, 0) is 0 Å². The van der Waals surface area contributed by atoms with Crippen LogP contribution < -0.4 is 0 Å². The van der Waals surface area contributed by atoms with Gasteiger partial charge in [-0.3, -0.25) is 0 Å². The average Bonchev–Trinajstić information content (AvgIpc) is 2.48. The second-order valence-electron chi connectivity index (χ2n) is 4.67. The molecule has 0 saturated carbocycles. The van der Waals surface area contributed by atoms with Crippen LogP contribution >= 0.6 is 0 Å². The zero-order valence-corrected chi connectivity index (χ0v) is 16.2. The molecule has 0 unspecified atom stereocenters. The van der Waals surface area contributed by atoms with Gasteiger partial charge < -0.3 is 0 Å². The Balaban J connectivity index is 0.000000337. The zero-order valence-electron chi connectivity index (χ0n) is 13.4. The quantitative estimate of drug-likeness (QED) is 0.401. The Morgan fingerprint density at radius 3 is 1.25 bits per heavy atom. The molecule has 0 aliphatic rings. The summed E-state index contributed by atoms with van der Waals surface area (Å²) >= 11 is 0.880. The normalized spacial score (nSPS) is 9.08. The first-order valence-corrected chi connectivity index (χ1v) is 8.28. The summed E-state index contributed by atoms with van der Waals surface area (Å²) in [5.74, 6) is -1.45. The largest absolute Gasteiger partial charge is 0.199 e. The van der Waals surface area contributed by atoms with Crippen LogP contribution in [0.2, 0.25) is 0 Å². The Morgan fingerprint density at radius 1 is 0.792 bits per heavy atom. The fourth-order valence-corrected chi connectivity index (χ4v) is 2.18. The third kappa shape index (κ3) is 14.8. The van der Waals surface area contributed by atoms with Crippen LogP contribution in [-0.2, 0) is 9.59 Å². The van der Waals surface area contributed by atoms with Crippen molar-refractivity contribution < 1.29 is 19.8 Å². The van der Waals surface area contributed by atoms with Crippen LogP contribution in [0, 0.1) is 13.8 Å². The minimum atomic E-state index is -0.724. The van der Waals surface area contributed by atoms with Crippen LogP contribution in [0.4, 0.5) is 0 Å². The minimum Gasteiger partial charge on any atom is -0.199 e. The van der Waals surface area contributed by atoms with Crippen molar-refractivity contribution in [3.8, 4) is 0 Å². The molecule has 5 nitrogen and oxygen atoms in total. The first kappa shape index (κ1) is 21.9. The maximum atomic E-state index is 10.1. The predicted molar refractivity (Wildman–Crippen MR) is 96.4 cm³/mol. The number of carbonyl (C=O) groups excluding carboxylic acids is 2. The second kappa shape index (κ2) is 13.3. The van der Waals surface area contributed by atoms with E-state index in [0.29, 0.717) is 0 Å². The Morgan fingerprint density at radius 2 is 1.08 bits per heavy atom. The van der Waals surface area contributed by atoms with E-state index >= 15 is 0 Å². The maximum absolute atomic E-state index is 10.1. The third-order valence-corrected chi connectivity index (χ3v) is 3.26. The average molecular weight is 435 g/mol. The summed E-state index contributed by atoms with van der Waals surface area (Å²) in [4.78, 5) is 20.2. The Hall–Kier alpha value is -2.12. The van der Waals surface area contributed by atoms with Crippen molar-refractivity contribution in [1.82, 2.24) is 3.12 Å². The zero-order chi connectivity index (χ0) is 18.4. The summed E-state index contributed by atoms with van der Waals surface area (Å²) in [5.41, 5.74) is 2.14. The van der Waals surface area contributed by atoms with Crippen LogP contribution in [0.15, 0.2) is 60.7 Å². The molecule has 2 aromatic carbocycles. The van der Waals surface area contributed by atoms with Gasteiger partial charge in [0.1, 0.15) is 0 Å². The molecule has 0 bridgehead atoms. The van der Waals surface area contributed by atoms with Gasteiger partial charge in [-0.1, -0.05) is 12.1 Å². The van der Waals surface area contributed by atoms with Gasteiger partial charge in [-0.2, -0.15) is 49.2 Å². The summed E-state index contributed by atoms with van der Waals surface area (Å²) < 4.78 is 1.41. The van der Waals surface area contributed by atoms with Crippen molar-refractivity contribution in [2.45, 2.75) is 0 Å². The predicted octanol–water partition coefficient (Wildman–Crippen LogP) is 0.612. The van der Waals surface area contributed by atoms with Gasteiger partial charge in [0.05, 0.1) is 0 Å². The number of nitrogens with zero attached hydrogens (tertiary/aromatic N) is 1. The van der Waals surface area contributed by atoms with Gasteiger partial charge in [0, 0.05) is 0 Å². The molecule has 24 heavy (non-hydrogen) atoms. The molecule has 2 aromatic rings. The van der Waals surface area contributed by atoms with E-state index in [1.165, 1.54) is 3.12 Å². The van der Waals surface area contributed by atoms with Crippen molar-refractivity contribution in [2.24, 2.45) is 0 Å². The first-order valence-electron chi connectivity index (χ1n) is 7.00. The van der Waals surface area contributed by atoms with Gasteiger partial charge in [0.2, 0.25) is 0 Å². The minimum absolute atomic E-state index is 0.0526. The Bertz CT molecular complexity index is 537. The van der Waals surface area contributed by atoms with Crippen molar-refractivity contribution in [3.05, 3.63) is 85.6 Å². The number of hydrogen-bond donors (Lipinski definition) is 0. The molecule has 4 N–H and O–H groups in total. The molecule has 2 rings (SSSR count). The number of rotatable bonds is 4. The van der Waals surface area contributed by atoms with Crippen LogP contribution in [0.3, 0.4) is 0 Å². The Kier molecular flexibility index (Phi) is 12.2. The molecule has 0 heterocycles. The molecule has 0 aromatic heterocycles. The van der Waals surface area contributed by atoms with E-state index in [9.17, 15) is 9.59 Å². The Labute approximate surface area is 156 Å². The van der Waals surface area contributed by atoms with Gasteiger partial charge in [0.15, 0.2) is 0 Å². The molecular weight excluding hydrogens is 413 g/mol. The van der Waals surface area contributed by atoms with Gasteiger partial charge in [-0.15, -0.1) is 24.3 Å². The van der Waals surface area contributed by atoms with Gasteiger partial charge in [0.25, 0.3) is 0 Å². The smallest absolute Gasteiger partial charge is 0.0866 e. The molecule has 0 fully saturated rings. The van der Waals surface area contributed by atoms with Crippen LogP contribution in [0.25, 0.3) is 0 Å². The number of carbonyl (C=O) groups is 2. The van der Waals surface area contributed by atoms with E-state index in [0.717, 1.165) is 33.9 Å². The molecule has 127 valence electrons. The summed E-state index contributed by atoms with van der Waals surface area (Å²) in [6.07, 6.45) is 0. The molecule has 0 atom stereocenters. The summed E-state index contributed by atoms with van der Waals surface area (Å²) in [6.45, 7) is 7.34. The first-order chi connectivity index (χ1) is 11.3. The summed E-state index contributed by atoms with van der Waals surface area (Å²) in [5, 5.41) is 13.0. The van der Waals surface area contributed by atoms with Crippen molar-refractivity contribution in [2.75, 3.05) is 13.1 Å². The fourth-order valence-electron chi connectivity index (χ4n) is 1.36. The summed E-state index contributed by atoms with van der Waals surface area (Å²) in [7, 11) is 0. The number of hydrogen-bond acceptors (Lipinski definition) is 3. The van der Waals surface area contributed by atoms with Gasteiger partial charge in [-0.25, -0.2) is 0 Å². The molecule has 0 spiro atoms. The van der Waals surface area contributed by atoms with Gasteiger partial charge >= 0.3 is 70.7 Å². The molecule has 0 saturated heterocycles. The van der Waals surface area contributed by atoms with E-state index in [-0.39, 0.29) is 13.1 Å².